The third kappa shape index (κ3) is 2.53. The standard InChI is InChI=1S/C17H12FN5O2/c18-12-5-3-4-10-15(12)19-8-11(16(10)24)17(25)20-9-14-22-21-13-6-1-2-7-23(13)14/h1-8H,9H2,(H,19,24)(H,20,25). The lowest BCUT2D eigenvalue weighted by Gasteiger charge is -2.05. The first-order chi connectivity index (χ1) is 12.1. The molecule has 0 aliphatic heterocycles. The molecule has 8 heteroatoms. The first-order valence-electron chi connectivity index (χ1n) is 7.52. The maximum absolute atomic E-state index is 13.7. The lowest BCUT2D eigenvalue weighted by Crippen LogP contribution is -2.29. The van der Waals surface area contributed by atoms with Crippen molar-refractivity contribution in [1.82, 2.24) is 24.9 Å². The molecule has 0 aliphatic rings. The highest BCUT2D eigenvalue weighted by Crippen LogP contribution is 2.12. The van der Waals surface area contributed by atoms with E-state index in [1.165, 1.54) is 24.4 Å². The Balaban J connectivity index is 1.62. The fourth-order valence-corrected chi connectivity index (χ4v) is 2.65. The van der Waals surface area contributed by atoms with E-state index in [-0.39, 0.29) is 23.0 Å². The van der Waals surface area contributed by atoms with Gasteiger partial charge in [0.25, 0.3) is 5.91 Å². The van der Waals surface area contributed by atoms with Crippen molar-refractivity contribution in [3.05, 3.63) is 76.2 Å². The van der Waals surface area contributed by atoms with E-state index in [1.54, 1.807) is 16.7 Å². The van der Waals surface area contributed by atoms with Crippen LogP contribution in [0.15, 0.2) is 53.6 Å². The maximum Gasteiger partial charge on any atom is 0.257 e. The summed E-state index contributed by atoms with van der Waals surface area (Å²) in [6.45, 7) is 0.102. The van der Waals surface area contributed by atoms with Crippen LogP contribution in [0.3, 0.4) is 0 Å². The first kappa shape index (κ1) is 15.0. The van der Waals surface area contributed by atoms with E-state index in [2.05, 4.69) is 20.5 Å². The number of benzene rings is 1. The number of aromatic amines is 1. The molecule has 0 fully saturated rings. The Labute approximate surface area is 140 Å². The quantitative estimate of drug-likeness (QED) is 0.594. The van der Waals surface area contributed by atoms with Crippen LogP contribution in [0.2, 0.25) is 0 Å². The highest BCUT2D eigenvalue weighted by Gasteiger charge is 2.15. The summed E-state index contributed by atoms with van der Waals surface area (Å²) in [5.41, 5.74) is 0.113. The maximum atomic E-state index is 13.7. The molecule has 0 saturated carbocycles. The second-order valence-corrected chi connectivity index (χ2v) is 5.42. The van der Waals surface area contributed by atoms with Crippen molar-refractivity contribution in [3.63, 3.8) is 0 Å². The van der Waals surface area contributed by atoms with Gasteiger partial charge in [-0.15, -0.1) is 10.2 Å². The number of aromatic nitrogens is 4. The van der Waals surface area contributed by atoms with Crippen LogP contribution in [-0.2, 0) is 6.54 Å². The SMILES string of the molecule is O=C(NCc1nnc2ccccn12)c1c[nH]c2c(F)cccc2c1=O. The molecule has 0 atom stereocenters. The van der Waals surface area contributed by atoms with Gasteiger partial charge in [0.1, 0.15) is 11.4 Å². The zero-order valence-corrected chi connectivity index (χ0v) is 12.9. The second kappa shape index (κ2) is 5.82. The number of amides is 1. The van der Waals surface area contributed by atoms with Gasteiger partial charge < -0.3 is 10.3 Å². The highest BCUT2D eigenvalue weighted by atomic mass is 19.1. The molecule has 2 N–H and O–H groups in total. The molecule has 0 unspecified atom stereocenters. The lowest BCUT2D eigenvalue weighted by molar-refractivity contribution is 0.0948. The Morgan fingerprint density at radius 2 is 2.08 bits per heavy atom. The molecule has 0 radical (unpaired) electrons. The number of nitrogens with one attached hydrogen (secondary N) is 2. The number of hydrogen-bond acceptors (Lipinski definition) is 4. The van der Waals surface area contributed by atoms with Crippen molar-refractivity contribution in [2.24, 2.45) is 0 Å². The highest BCUT2D eigenvalue weighted by molar-refractivity contribution is 5.97. The Bertz CT molecular complexity index is 1160. The van der Waals surface area contributed by atoms with Crippen LogP contribution < -0.4 is 10.7 Å². The summed E-state index contributed by atoms with van der Waals surface area (Å²) in [6.07, 6.45) is 2.99. The largest absolute Gasteiger partial charge is 0.358 e. The van der Waals surface area contributed by atoms with Crippen LogP contribution in [0, 0.1) is 5.82 Å². The van der Waals surface area contributed by atoms with Crippen molar-refractivity contribution in [1.29, 1.82) is 0 Å². The average molecular weight is 337 g/mol. The van der Waals surface area contributed by atoms with Gasteiger partial charge in [-0.25, -0.2) is 4.39 Å². The van der Waals surface area contributed by atoms with E-state index >= 15 is 0 Å². The van der Waals surface area contributed by atoms with Crippen LogP contribution in [0.25, 0.3) is 16.6 Å². The summed E-state index contributed by atoms with van der Waals surface area (Å²) in [5.74, 6) is -0.580. The zero-order chi connectivity index (χ0) is 17.4. The summed E-state index contributed by atoms with van der Waals surface area (Å²) >= 11 is 0. The Hall–Kier alpha value is -3.55. The molecule has 0 aliphatic carbocycles. The molecular weight excluding hydrogens is 325 g/mol. The van der Waals surface area contributed by atoms with E-state index in [4.69, 9.17) is 0 Å². The van der Waals surface area contributed by atoms with Crippen molar-refractivity contribution in [2.45, 2.75) is 6.54 Å². The molecular formula is C17H12FN5O2. The van der Waals surface area contributed by atoms with E-state index in [0.29, 0.717) is 11.5 Å². The predicted octanol–water partition coefficient (Wildman–Crippen LogP) is 1.64. The monoisotopic (exact) mass is 337 g/mol. The summed E-state index contributed by atoms with van der Waals surface area (Å²) in [5, 5.41) is 10.8. The fourth-order valence-electron chi connectivity index (χ4n) is 2.65. The Kier molecular flexibility index (Phi) is 3.50. The second-order valence-electron chi connectivity index (χ2n) is 5.42. The summed E-state index contributed by atoms with van der Waals surface area (Å²) < 4.78 is 15.4. The number of nitrogens with zero attached hydrogens (tertiary/aromatic N) is 3. The molecule has 124 valence electrons. The zero-order valence-electron chi connectivity index (χ0n) is 12.9. The third-order valence-electron chi connectivity index (χ3n) is 3.90. The predicted molar refractivity (Wildman–Crippen MR) is 88.7 cm³/mol. The first-order valence-corrected chi connectivity index (χ1v) is 7.52. The number of carbonyl (C=O) groups is 1. The van der Waals surface area contributed by atoms with Crippen molar-refractivity contribution in [3.8, 4) is 0 Å². The van der Waals surface area contributed by atoms with Gasteiger partial charge in [-0.2, -0.15) is 0 Å². The number of H-pyrrole nitrogens is 1. The van der Waals surface area contributed by atoms with E-state index in [9.17, 15) is 14.0 Å². The van der Waals surface area contributed by atoms with Gasteiger partial charge in [0.15, 0.2) is 11.5 Å². The van der Waals surface area contributed by atoms with Gasteiger partial charge >= 0.3 is 0 Å². The molecule has 3 heterocycles. The van der Waals surface area contributed by atoms with Crippen molar-refractivity contribution < 1.29 is 9.18 Å². The molecule has 0 spiro atoms. The Morgan fingerprint density at radius 3 is 2.96 bits per heavy atom. The molecule has 1 aromatic carbocycles. The smallest absolute Gasteiger partial charge is 0.257 e. The van der Waals surface area contributed by atoms with E-state index < -0.39 is 17.2 Å². The van der Waals surface area contributed by atoms with Crippen LogP contribution in [-0.4, -0.2) is 25.5 Å². The van der Waals surface area contributed by atoms with E-state index in [0.717, 1.165) is 0 Å². The number of rotatable bonds is 3. The topological polar surface area (TPSA) is 92.2 Å². The minimum atomic E-state index is -0.569. The van der Waals surface area contributed by atoms with Gasteiger partial charge in [0.05, 0.1) is 12.1 Å². The fraction of sp³-hybridized carbons (Fsp3) is 0.0588. The minimum Gasteiger partial charge on any atom is -0.358 e. The van der Waals surface area contributed by atoms with Gasteiger partial charge in [-0.3, -0.25) is 14.0 Å². The van der Waals surface area contributed by atoms with Gasteiger partial charge in [0.2, 0.25) is 5.43 Å². The lowest BCUT2D eigenvalue weighted by atomic mass is 10.1. The molecule has 1 amide bonds. The molecule has 25 heavy (non-hydrogen) atoms. The van der Waals surface area contributed by atoms with Crippen LogP contribution in [0.4, 0.5) is 4.39 Å². The van der Waals surface area contributed by atoms with E-state index in [1.807, 2.05) is 12.1 Å². The molecule has 4 aromatic rings. The summed E-state index contributed by atoms with van der Waals surface area (Å²) in [6, 6.07) is 9.59. The molecule has 3 aromatic heterocycles. The van der Waals surface area contributed by atoms with Crippen molar-refractivity contribution >= 4 is 22.5 Å². The summed E-state index contributed by atoms with van der Waals surface area (Å²) in [7, 11) is 0. The average Bonchev–Trinajstić information content (AvgIpc) is 3.04. The third-order valence-corrected chi connectivity index (χ3v) is 3.90. The Morgan fingerprint density at radius 1 is 1.20 bits per heavy atom. The molecule has 0 bridgehead atoms. The minimum absolute atomic E-state index is 0.0764. The van der Waals surface area contributed by atoms with Crippen molar-refractivity contribution in [2.75, 3.05) is 0 Å². The van der Waals surface area contributed by atoms with Crippen LogP contribution in [0.5, 0.6) is 0 Å². The number of para-hydroxylation sites is 1. The van der Waals surface area contributed by atoms with Gasteiger partial charge in [-0.05, 0) is 24.3 Å². The van der Waals surface area contributed by atoms with Gasteiger partial charge in [0, 0.05) is 17.8 Å². The molecule has 4 rings (SSSR count). The normalized spacial score (nSPS) is 11.1. The van der Waals surface area contributed by atoms with Crippen LogP contribution in [0.1, 0.15) is 16.2 Å². The molecule has 7 nitrogen and oxygen atoms in total. The van der Waals surface area contributed by atoms with Gasteiger partial charge in [-0.1, -0.05) is 12.1 Å². The number of pyridine rings is 2. The molecule has 0 saturated heterocycles. The summed E-state index contributed by atoms with van der Waals surface area (Å²) in [4.78, 5) is 27.4. The van der Waals surface area contributed by atoms with Crippen LogP contribution >= 0.6 is 0 Å². The number of halogens is 1. The number of hydrogen-bond donors (Lipinski definition) is 2. The number of carbonyl (C=O) groups excluding carboxylic acids is 1. The number of fused-ring (bicyclic) bond motifs is 2.